The average Bonchev–Trinajstić information content (AvgIpc) is 3.04. The van der Waals surface area contributed by atoms with Crippen LogP contribution in [-0.4, -0.2) is 34.1 Å². The van der Waals surface area contributed by atoms with Crippen LogP contribution < -0.4 is 4.74 Å². The minimum Gasteiger partial charge on any atom is -0.497 e. The van der Waals surface area contributed by atoms with Crippen LogP contribution in [0.1, 0.15) is 42.9 Å². The molecule has 0 aliphatic heterocycles. The van der Waals surface area contributed by atoms with Crippen molar-refractivity contribution in [1.29, 1.82) is 0 Å². The standard InChI is InChI=1S/C18H21N3O3/c1-4-6-7-13-17-16(18(22)24-5-2)19-11-21(17)15-9-8-12(23-3)10-14(15)20-13/h8-11H,4-7H2,1-3H3. The SMILES string of the molecule is CCCCc1nc2cc(OC)ccc2n2cnc(C(=O)OCC)c12. The van der Waals surface area contributed by atoms with Crippen molar-refractivity contribution in [2.75, 3.05) is 13.7 Å². The molecule has 6 nitrogen and oxygen atoms in total. The zero-order valence-corrected chi connectivity index (χ0v) is 14.2. The van der Waals surface area contributed by atoms with E-state index in [0.717, 1.165) is 47.3 Å². The third kappa shape index (κ3) is 2.79. The zero-order chi connectivity index (χ0) is 17.1. The van der Waals surface area contributed by atoms with Crippen molar-refractivity contribution >= 4 is 22.5 Å². The van der Waals surface area contributed by atoms with Crippen LogP contribution in [0.25, 0.3) is 16.6 Å². The fourth-order valence-corrected chi connectivity index (χ4v) is 2.80. The largest absolute Gasteiger partial charge is 0.497 e. The summed E-state index contributed by atoms with van der Waals surface area (Å²) in [5.74, 6) is 0.342. The lowest BCUT2D eigenvalue weighted by atomic mass is 10.1. The van der Waals surface area contributed by atoms with E-state index < -0.39 is 5.97 Å². The number of ether oxygens (including phenoxy) is 2. The van der Waals surface area contributed by atoms with Crippen LogP contribution in [0.2, 0.25) is 0 Å². The minimum absolute atomic E-state index is 0.320. The van der Waals surface area contributed by atoms with Gasteiger partial charge < -0.3 is 9.47 Å². The summed E-state index contributed by atoms with van der Waals surface area (Å²) in [4.78, 5) is 21.3. The van der Waals surface area contributed by atoms with Crippen molar-refractivity contribution in [1.82, 2.24) is 14.4 Å². The molecule has 0 radical (unpaired) electrons. The first-order valence-corrected chi connectivity index (χ1v) is 8.20. The Bertz CT molecular complexity index is 886. The van der Waals surface area contributed by atoms with E-state index in [2.05, 4.69) is 11.9 Å². The van der Waals surface area contributed by atoms with E-state index >= 15 is 0 Å². The van der Waals surface area contributed by atoms with E-state index in [0.29, 0.717) is 12.3 Å². The Morgan fingerprint density at radius 1 is 1.29 bits per heavy atom. The summed E-state index contributed by atoms with van der Waals surface area (Å²) in [6.45, 7) is 4.23. The van der Waals surface area contributed by atoms with Gasteiger partial charge in [0.15, 0.2) is 5.69 Å². The van der Waals surface area contributed by atoms with Crippen molar-refractivity contribution in [2.24, 2.45) is 0 Å². The Morgan fingerprint density at radius 2 is 2.12 bits per heavy atom. The molecule has 1 aromatic carbocycles. The summed E-state index contributed by atoms with van der Waals surface area (Å²) in [6, 6.07) is 5.70. The number of aryl methyl sites for hydroxylation is 1. The number of hydrogen-bond donors (Lipinski definition) is 0. The Kier molecular flexibility index (Phi) is 4.64. The third-order valence-corrected chi connectivity index (χ3v) is 3.97. The fraction of sp³-hybridized carbons (Fsp3) is 0.389. The minimum atomic E-state index is -0.410. The number of carbonyl (C=O) groups excluding carboxylic acids is 1. The van der Waals surface area contributed by atoms with Gasteiger partial charge in [-0.05, 0) is 31.9 Å². The van der Waals surface area contributed by atoms with Crippen molar-refractivity contribution in [3.8, 4) is 5.75 Å². The molecule has 3 rings (SSSR count). The molecule has 0 saturated carbocycles. The van der Waals surface area contributed by atoms with Crippen LogP contribution in [0.4, 0.5) is 0 Å². The predicted octanol–water partition coefficient (Wildman–Crippen LogP) is 3.41. The molecular formula is C18H21N3O3. The van der Waals surface area contributed by atoms with Crippen LogP contribution in [0.15, 0.2) is 24.5 Å². The Labute approximate surface area is 140 Å². The maximum atomic E-state index is 12.2. The van der Waals surface area contributed by atoms with Crippen molar-refractivity contribution < 1.29 is 14.3 Å². The second-order valence-electron chi connectivity index (χ2n) is 5.55. The Balaban J connectivity index is 2.26. The van der Waals surface area contributed by atoms with Gasteiger partial charge in [-0.2, -0.15) is 0 Å². The molecule has 0 atom stereocenters. The summed E-state index contributed by atoms with van der Waals surface area (Å²) >= 11 is 0. The smallest absolute Gasteiger partial charge is 0.359 e. The second-order valence-corrected chi connectivity index (χ2v) is 5.55. The molecule has 24 heavy (non-hydrogen) atoms. The molecule has 0 saturated heterocycles. The molecule has 0 fully saturated rings. The highest BCUT2D eigenvalue weighted by molar-refractivity contribution is 5.97. The monoisotopic (exact) mass is 327 g/mol. The van der Waals surface area contributed by atoms with Gasteiger partial charge >= 0.3 is 5.97 Å². The number of methoxy groups -OCH3 is 1. The summed E-state index contributed by atoms with van der Waals surface area (Å²) in [7, 11) is 1.63. The van der Waals surface area contributed by atoms with E-state index in [1.54, 1.807) is 20.4 Å². The molecule has 2 heterocycles. The van der Waals surface area contributed by atoms with Gasteiger partial charge in [0, 0.05) is 6.07 Å². The van der Waals surface area contributed by atoms with Crippen molar-refractivity contribution in [3.05, 3.63) is 35.9 Å². The molecular weight excluding hydrogens is 306 g/mol. The maximum absolute atomic E-state index is 12.2. The molecule has 0 amide bonds. The number of carbonyl (C=O) groups is 1. The lowest BCUT2D eigenvalue weighted by Crippen LogP contribution is -2.08. The third-order valence-electron chi connectivity index (χ3n) is 3.97. The lowest BCUT2D eigenvalue weighted by molar-refractivity contribution is 0.0522. The second kappa shape index (κ2) is 6.86. The molecule has 0 aliphatic rings. The number of fused-ring (bicyclic) bond motifs is 3. The number of esters is 1. The van der Waals surface area contributed by atoms with Crippen LogP contribution in [0.5, 0.6) is 5.75 Å². The van der Waals surface area contributed by atoms with E-state index in [1.807, 2.05) is 22.6 Å². The lowest BCUT2D eigenvalue weighted by Gasteiger charge is -2.10. The van der Waals surface area contributed by atoms with Crippen LogP contribution >= 0.6 is 0 Å². The van der Waals surface area contributed by atoms with Gasteiger partial charge in [0.1, 0.15) is 17.6 Å². The van der Waals surface area contributed by atoms with Crippen molar-refractivity contribution in [3.63, 3.8) is 0 Å². The maximum Gasteiger partial charge on any atom is 0.359 e. The highest BCUT2D eigenvalue weighted by atomic mass is 16.5. The highest BCUT2D eigenvalue weighted by Crippen LogP contribution is 2.25. The molecule has 0 bridgehead atoms. The number of rotatable bonds is 6. The molecule has 0 spiro atoms. The van der Waals surface area contributed by atoms with E-state index in [-0.39, 0.29) is 0 Å². The van der Waals surface area contributed by atoms with Gasteiger partial charge in [-0.25, -0.2) is 14.8 Å². The molecule has 3 aromatic rings. The average molecular weight is 327 g/mol. The van der Waals surface area contributed by atoms with E-state index in [4.69, 9.17) is 14.5 Å². The highest BCUT2D eigenvalue weighted by Gasteiger charge is 2.20. The molecule has 0 unspecified atom stereocenters. The number of unbranched alkanes of at least 4 members (excludes halogenated alkanes) is 1. The molecule has 6 heteroatoms. The first-order chi connectivity index (χ1) is 11.7. The van der Waals surface area contributed by atoms with Gasteiger partial charge in [0.25, 0.3) is 0 Å². The number of benzene rings is 1. The first kappa shape index (κ1) is 16.2. The van der Waals surface area contributed by atoms with Crippen LogP contribution in [0, 0.1) is 0 Å². The predicted molar refractivity (Wildman–Crippen MR) is 91.6 cm³/mol. The zero-order valence-electron chi connectivity index (χ0n) is 14.2. The molecule has 126 valence electrons. The molecule has 0 aliphatic carbocycles. The molecule has 0 N–H and O–H groups in total. The normalized spacial score (nSPS) is 11.1. The molecule has 2 aromatic heterocycles. The quantitative estimate of drug-likeness (QED) is 0.649. The van der Waals surface area contributed by atoms with Gasteiger partial charge in [0.2, 0.25) is 0 Å². The number of nitrogens with zero attached hydrogens (tertiary/aromatic N) is 3. The van der Waals surface area contributed by atoms with Gasteiger partial charge in [-0.1, -0.05) is 13.3 Å². The fourth-order valence-electron chi connectivity index (χ4n) is 2.80. The Hall–Kier alpha value is -2.63. The number of imidazole rings is 1. The van der Waals surface area contributed by atoms with E-state index in [9.17, 15) is 4.79 Å². The first-order valence-electron chi connectivity index (χ1n) is 8.20. The van der Waals surface area contributed by atoms with Crippen molar-refractivity contribution in [2.45, 2.75) is 33.1 Å². The number of aromatic nitrogens is 3. The van der Waals surface area contributed by atoms with Gasteiger partial charge in [-0.3, -0.25) is 4.40 Å². The van der Waals surface area contributed by atoms with Crippen LogP contribution in [0.3, 0.4) is 0 Å². The van der Waals surface area contributed by atoms with Gasteiger partial charge in [-0.15, -0.1) is 0 Å². The summed E-state index contributed by atoms with van der Waals surface area (Å²) < 4.78 is 12.3. The summed E-state index contributed by atoms with van der Waals surface area (Å²) in [6.07, 6.45) is 4.48. The van der Waals surface area contributed by atoms with Gasteiger partial charge in [0.05, 0.1) is 30.4 Å². The van der Waals surface area contributed by atoms with E-state index in [1.165, 1.54) is 0 Å². The Morgan fingerprint density at radius 3 is 2.83 bits per heavy atom. The summed E-state index contributed by atoms with van der Waals surface area (Å²) in [5, 5.41) is 0. The number of hydrogen-bond acceptors (Lipinski definition) is 5. The van der Waals surface area contributed by atoms with Crippen LogP contribution in [-0.2, 0) is 11.2 Å². The topological polar surface area (TPSA) is 65.7 Å². The summed E-state index contributed by atoms with van der Waals surface area (Å²) in [5.41, 5.74) is 3.63.